The highest BCUT2D eigenvalue weighted by molar-refractivity contribution is 5.96. The number of amides is 1. The van der Waals surface area contributed by atoms with Crippen LogP contribution < -0.4 is 10.2 Å². The number of hydrogen-bond donors (Lipinski definition) is 1. The van der Waals surface area contributed by atoms with Gasteiger partial charge in [-0.1, -0.05) is 12.0 Å². The van der Waals surface area contributed by atoms with Gasteiger partial charge in [-0.15, -0.1) is 5.10 Å². The number of aryl methyl sites for hydroxylation is 2. The van der Waals surface area contributed by atoms with Crippen molar-refractivity contribution in [1.82, 2.24) is 15.5 Å². The first-order valence-corrected chi connectivity index (χ1v) is 9.54. The zero-order chi connectivity index (χ0) is 18.3. The monoisotopic (exact) mass is 358 g/mol. The Balaban J connectivity index is 1.38. The Labute approximate surface area is 153 Å². The lowest BCUT2D eigenvalue weighted by atomic mass is 9.98. The second-order valence-electron chi connectivity index (χ2n) is 7.50. The maximum absolute atomic E-state index is 12.7. The predicted octanol–water partition coefficient (Wildman–Crippen LogP) is 3.20. The zero-order valence-electron chi connectivity index (χ0n) is 15.6. The Hall–Kier alpha value is -2.31. The topological polar surface area (TPSA) is 84.4 Å². The minimum Gasteiger partial charge on any atom is -0.468 e. The Bertz CT molecular complexity index is 793. The van der Waals surface area contributed by atoms with Crippen molar-refractivity contribution in [3.63, 3.8) is 0 Å². The van der Waals surface area contributed by atoms with Gasteiger partial charge in [-0.3, -0.25) is 4.79 Å². The number of nitrogens with zero attached hydrogens (tertiary/aromatic N) is 3. The lowest BCUT2D eigenvalue weighted by Gasteiger charge is -2.36. The molecule has 0 aromatic carbocycles. The summed E-state index contributed by atoms with van der Waals surface area (Å²) in [7, 11) is 0. The first-order valence-electron chi connectivity index (χ1n) is 9.54. The SMILES string of the molecule is CCc1occ(C)c1C(=O)NC1CCN(c2nnc(C3CC3)o2)C(C)C1. The molecule has 7 heteroatoms. The van der Waals surface area contributed by atoms with Gasteiger partial charge in [-0.25, -0.2) is 0 Å². The number of anilines is 1. The number of nitrogens with one attached hydrogen (secondary N) is 1. The van der Waals surface area contributed by atoms with E-state index in [1.165, 1.54) is 0 Å². The van der Waals surface area contributed by atoms with Gasteiger partial charge in [0.15, 0.2) is 0 Å². The minimum absolute atomic E-state index is 0.0347. The fourth-order valence-corrected chi connectivity index (χ4v) is 3.75. The van der Waals surface area contributed by atoms with Gasteiger partial charge in [-0.05, 0) is 39.5 Å². The van der Waals surface area contributed by atoms with E-state index in [2.05, 4.69) is 27.3 Å². The van der Waals surface area contributed by atoms with Crippen LogP contribution in [0.5, 0.6) is 0 Å². The summed E-state index contributed by atoms with van der Waals surface area (Å²) in [6.45, 7) is 6.84. The van der Waals surface area contributed by atoms with Gasteiger partial charge < -0.3 is 19.1 Å². The van der Waals surface area contributed by atoms with Crippen molar-refractivity contribution in [2.24, 2.45) is 0 Å². The number of hydrogen-bond acceptors (Lipinski definition) is 6. The van der Waals surface area contributed by atoms with Crippen LogP contribution in [0, 0.1) is 6.92 Å². The molecule has 2 atom stereocenters. The highest BCUT2D eigenvalue weighted by atomic mass is 16.4. The van der Waals surface area contributed by atoms with E-state index in [1.807, 2.05) is 13.8 Å². The van der Waals surface area contributed by atoms with Crippen LogP contribution in [0.3, 0.4) is 0 Å². The summed E-state index contributed by atoms with van der Waals surface area (Å²) in [5.74, 6) is 1.95. The number of rotatable bonds is 5. The second-order valence-corrected chi connectivity index (χ2v) is 7.50. The lowest BCUT2D eigenvalue weighted by molar-refractivity contribution is 0.0925. The lowest BCUT2D eigenvalue weighted by Crippen LogP contribution is -2.49. The molecule has 1 aliphatic heterocycles. The maximum atomic E-state index is 12.7. The standard InChI is InChI=1S/C19H26N4O3/c1-4-15-16(11(2)10-25-15)17(24)20-14-7-8-23(12(3)9-14)19-22-21-18(26-19)13-5-6-13/h10,12-14H,4-9H2,1-3H3,(H,20,24). The van der Waals surface area contributed by atoms with Crippen LogP contribution >= 0.6 is 0 Å². The Morgan fingerprint density at radius 1 is 1.35 bits per heavy atom. The average Bonchev–Trinajstić information content (AvgIpc) is 3.23. The van der Waals surface area contributed by atoms with E-state index in [1.54, 1.807) is 6.26 Å². The van der Waals surface area contributed by atoms with E-state index in [4.69, 9.17) is 8.83 Å². The molecule has 0 spiro atoms. The van der Waals surface area contributed by atoms with Gasteiger partial charge in [0.2, 0.25) is 5.89 Å². The largest absolute Gasteiger partial charge is 0.468 e. The molecule has 3 heterocycles. The van der Waals surface area contributed by atoms with E-state index in [0.29, 0.717) is 23.9 Å². The van der Waals surface area contributed by atoms with Gasteiger partial charge in [0.25, 0.3) is 5.91 Å². The number of carbonyl (C=O) groups is 1. The molecule has 1 aliphatic carbocycles. The molecule has 2 unspecified atom stereocenters. The Morgan fingerprint density at radius 3 is 2.85 bits per heavy atom. The van der Waals surface area contributed by atoms with Crippen LogP contribution in [0.15, 0.2) is 15.1 Å². The summed E-state index contributed by atoms with van der Waals surface area (Å²) in [5.41, 5.74) is 1.58. The van der Waals surface area contributed by atoms with Gasteiger partial charge in [0.05, 0.1) is 11.8 Å². The quantitative estimate of drug-likeness (QED) is 0.883. The first-order chi connectivity index (χ1) is 12.6. The Morgan fingerprint density at radius 2 is 2.15 bits per heavy atom. The fraction of sp³-hybridized carbons (Fsp3) is 0.632. The molecule has 1 saturated heterocycles. The van der Waals surface area contributed by atoms with Crippen LogP contribution in [0.2, 0.25) is 0 Å². The molecule has 4 rings (SSSR count). The third-order valence-corrected chi connectivity index (χ3v) is 5.41. The third-order valence-electron chi connectivity index (χ3n) is 5.41. The van der Waals surface area contributed by atoms with Gasteiger partial charge in [0, 0.05) is 36.5 Å². The van der Waals surface area contributed by atoms with Crippen LogP contribution in [-0.2, 0) is 6.42 Å². The highest BCUT2D eigenvalue weighted by Crippen LogP contribution is 2.40. The van der Waals surface area contributed by atoms with Crippen molar-refractivity contribution >= 4 is 11.9 Å². The van der Waals surface area contributed by atoms with Crippen LogP contribution in [0.25, 0.3) is 0 Å². The molecule has 2 aliphatic rings. The summed E-state index contributed by atoms with van der Waals surface area (Å²) >= 11 is 0. The second kappa shape index (κ2) is 6.78. The average molecular weight is 358 g/mol. The van der Waals surface area contributed by atoms with E-state index in [-0.39, 0.29) is 18.0 Å². The van der Waals surface area contributed by atoms with Crippen molar-refractivity contribution in [1.29, 1.82) is 0 Å². The molecule has 26 heavy (non-hydrogen) atoms. The normalized spacial score (nSPS) is 23.3. The number of piperidine rings is 1. The van der Waals surface area contributed by atoms with E-state index in [0.717, 1.165) is 49.4 Å². The number of carbonyl (C=O) groups excluding carboxylic acids is 1. The molecule has 2 fully saturated rings. The van der Waals surface area contributed by atoms with Gasteiger partial charge in [-0.2, -0.15) is 0 Å². The number of furan rings is 1. The molecule has 0 radical (unpaired) electrons. The first kappa shape index (κ1) is 17.1. The van der Waals surface area contributed by atoms with Crippen LogP contribution in [-0.4, -0.2) is 34.7 Å². The van der Waals surface area contributed by atoms with Crippen molar-refractivity contribution in [2.45, 2.75) is 70.9 Å². The molecular formula is C19H26N4O3. The summed E-state index contributed by atoms with van der Waals surface area (Å²) in [6.07, 6.45) is 6.38. The van der Waals surface area contributed by atoms with Crippen molar-refractivity contribution < 1.29 is 13.6 Å². The maximum Gasteiger partial charge on any atom is 0.318 e. The molecule has 2 aromatic rings. The highest BCUT2D eigenvalue weighted by Gasteiger charge is 2.33. The number of aromatic nitrogens is 2. The molecular weight excluding hydrogens is 332 g/mol. The molecule has 140 valence electrons. The molecule has 7 nitrogen and oxygen atoms in total. The summed E-state index contributed by atoms with van der Waals surface area (Å²) in [6, 6.07) is 0.986. The molecule has 0 bridgehead atoms. The molecule has 1 saturated carbocycles. The third kappa shape index (κ3) is 3.22. The van der Waals surface area contributed by atoms with E-state index in [9.17, 15) is 4.79 Å². The smallest absolute Gasteiger partial charge is 0.318 e. The molecule has 2 aromatic heterocycles. The zero-order valence-corrected chi connectivity index (χ0v) is 15.6. The summed E-state index contributed by atoms with van der Waals surface area (Å²) in [5, 5.41) is 11.6. The minimum atomic E-state index is -0.0347. The fourth-order valence-electron chi connectivity index (χ4n) is 3.75. The van der Waals surface area contributed by atoms with Gasteiger partial charge in [0.1, 0.15) is 5.76 Å². The van der Waals surface area contributed by atoms with Crippen molar-refractivity contribution in [3.05, 3.63) is 29.0 Å². The predicted molar refractivity (Wildman–Crippen MR) is 96.4 cm³/mol. The molecule has 1 amide bonds. The van der Waals surface area contributed by atoms with Crippen molar-refractivity contribution in [2.75, 3.05) is 11.4 Å². The van der Waals surface area contributed by atoms with Crippen LogP contribution in [0.4, 0.5) is 6.01 Å². The van der Waals surface area contributed by atoms with E-state index >= 15 is 0 Å². The van der Waals surface area contributed by atoms with Crippen LogP contribution in [0.1, 0.15) is 73.0 Å². The van der Waals surface area contributed by atoms with Crippen molar-refractivity contribution in [3.8, 4) is 0 Å². The summed E-state index contributed by atoms with van der Waals surface area (Å²) in [4.78, 5) is 14.8. The molecule has 1 N–H and O–H groups in total. The van der Waals surface area contributed by atoms with E-state index < -0.39 is 0 Å². The van der Waals surface area contributed by atoms with Gasteiger partial charge >= 0.3 is 6.01 Å². The Kier molecular flexibility index (Phi) is 4.46. The summed E-state index contributed by atoms with van der Waals surface area (Å²) < 4.78 is 11.3.